The summed E-state index contributed by atoms with van der Waals surface area (Å²) in [7, 11) is 0. The van der Waals surface area contributed by atoms with Crippen LogP contribution < -0.4 is 5.73 Å². The van der Waals surface area contributed by atoms with Crippen molar-refractivity contribution in [1.29, 1.82) is 0 Å². The molecule has 0 saturated heterocycles. The Morgan fingerprint density at radius 2 is 2.36 bits per heavy atom. The first-order valence-electron chi connectivity index (χ1n) is 2.90. The molecule has 0 unspecified atom stereocenters. The van der Waals surface area contributed by atoms with Gasteiger partial charge >= 0.3 is 0 Å². The molecule has 0 aliphatic rings. The highest BCUT2D eigenvalue weighted by Gasteiger charge is 2.04. The predicted molar refractivity (Wildman–Crippen MR) is 48.0 cm³/mol. The molecule has 58 valence electrons. The molecule has 1 rings (SSSR count). The van der Waals surface area contributed by atoms with Crippen molar-refractivity contribution in [2.75, 3.05) is 0 Å². The van der Waals surface area contributed by atoms with Crippen LogP contribution in [0.5, 0.6) is 0 Å². The number of primary amides is 1. The molecule has 4 nitrogen and oxygen atoms in total. The first kappa shape index (κ1) is 8.38. The van der Waals surface area contributed by atoms with Crippen molar-refractivity contribution in [3.8, 4) is 0 Å². The van der Waals surface area contributed by atoms with E-state index in [4.69, 9.17) is 5.73 Å². The molecule has 0 atom stereocenters. The molecule has 2 N–H and O–H groups in total. The number of rotatable bonds is 1. The van der Waals surface area contributed by atoms with Gasteiger partial charge in [-0.1, -0.05) is 0 Å². The van der Waals surface area contributed by atoms with E-state index >= 15 is 0 Å². The second kappa shape index (κ2) is 3.12. The Hall–Kier alpha value is -0.720. The van der Waals surface area contributed by atoms with E-state index in [9.17, 15) is 4.79 Å². The Morgan fingerprint density at radius 3 is 2.82 bits per heavy atom. The van der Waals surface area contributed by atoms with Crippen molar-refractivity contribution in [1.82, 2.24) is 9.97 Å². The summed E-state index contributed by atoms with van der Waals surface area (Å²) in [4.78, 5) is 18.4. The van der Waals surface area contributed by atoms with Crippen LogP contribution in [0.15, 0.2) is 6.20 Å². The quantitative estimate of drug-likeness (QED) is 0.749. The van der Waals surface area contributed by atoms with Crippen LogP contribution in [-0.4, -0.2) is 15.9 Å². The number of aromatic nitrogens is 2. The molecule has 1 heterocycles. The van der Waals surface area contributed by atoms with Crippen molar-refractivity contribution in [2.24, 2.45) is 5.73 Å². The molecule has 1 aromatic rings. The van der Waals surface area contributed by atoms with Crippen molar-refractivity contribution < 1.29 is 4.79 Å². The fourth-order valence-corrected chi connectivity index (χ4v) is 0.845. The molecular weight excluding hydrogens is 257 g/mol. The molecule has 0 spiro atoms. The van der Waals surface area contributed by atoms with Crippen LogP contribution in [0, 0.1) is 10.6 Å². The highest BCUT2D eigenvalue weighted by molar-refractivity contribution is 14.1. The van der Waals surface area contributed by atoms with E-state index in [2.05, 4.69) is 9.97 Å². The Labute approximate surface area is 77.4 Å². The van der Waals surface area contributed by atoms with Gasteiger partial charge in [0.2, 0.25) is 0 Å². The molecule has 5 heteroatoms. The number of nitrogens with zero attached hydrogens (tertiary/aromatic N) is 2. The van der Waals surface area contributed by atoms with Gasteiger partial charge in [0.25, 0.3) is 5.91 Å². The minimum Gasteiger partial charge on any atom is -0.364 e. The summed E-state index contributed by atoms with van der Waals surface area (Å²) in [5.41, 5.74) is 5.92. The summed E-state index contributed by atoms with van der Waals surface area (Å²) in [6.45, 7) is 1.78. The Bertz CT molecular complexity index is 300. The summed E-state index contributed by atoms with van der Waals surface area (Å²) in [5, 5.41) is 0. The summed E-state index contributed by atoms with van der Waals surface area (Å²) in [6, 6.07) is 0. The SMILES string of the molecule is Cc1nc(C(N)=O)cnc1I. The molecule has 0 bridgehead atoms. The molecule has 1 aromatic heterocycles. The minimum atomic E-state index is -0.544. The molecule has 0 saturated carbocycles. The average Bonchev–Trinajstić information content (AvgIpc) is 1.94. The molecule has 0 aromatic carbocycles. The minimum absolute atomic E-state index is 0.211. The number of carbonyl (C=O) groups excluding carboxylic acids is 1. The third kappa shape index (κ3) is 1.86. The van der Waals surface area contributed by atoms with E-state index in [-0.39, 0.29) is 5.69 Å². The number of nitrogens with two attached hydrogens (primary N) is 1. The number of aryl methyl sites for hydroxylation is 1. The van der Waals surface area contributed by atoms with E-state index < -0.39 is 5.91 Å². The maximum Gasteiger partial charge on any atom is 0.268 e. The maximum atomic E-state index is 10.6. The third-order valence-electron chi connectivity index (χ3n) is 1.14. The van der Waals surface area contributed by atoms with Gasteiger partial charge in [0.15, 0.2) is 0 Å². The molecular formula is C6H6IN3O. The van der Waals surface area contributed by atoms with Crippen molar-refractivity contribution >= 4 is 28.5 Å². The highest BCUT2D eigenvalue weighted by Crippen LogP contribution is 2.04. The van der Waals surface area contributed by atoms with E-state index in [0.29, 0.717) is 0 Å². The van der Waals surface area contributed by atoms with Gasteiger partial charge in [-0.3, -0.25) is 4.79 Å². The van der Waals surface area contributed by atoms with Gasteiger partial charge < -0.3 is 5.73 Å². The van der Waals surface area contributed by atoms with Gasteiger partial charge in [-0.2, -0.15) is 0 Å². The van der Waals surface area contributed by atoms with Gasteiger partial charge in [0, 0.05) is 0 Å². The van der Waals surface area contributed by atoms with Crippen LogP contribution in [0.3, 0.4) is 0 Å². The molecule has 0 radical (unpaired) electrons. The summed E-state index contributed by atoms with van der Waals surface area (Å²) < 4.78 is 0.785. The number of amides is 1. The van der Waals surface area contributed by atoms with Gasteiger partial charge in [-0.15, -0.1) is 0 Å². The lowest BCUT2D eigenvalue weighted by molar-refractivity contribution is 0.0995. The zero-order chi connectivity index (χ0) is 8.43. The normalized spacial score (nSPS) is 9.64. The molecule has 11 heavy (non-hydrogen) atoms. The van der Waals surface area contributed by atoms with Gasteiger partial charge in [-0.25, -0.2) is 9.97 Å². The Kier molecular flexibility index (Phi) is 2.38. The van der Waals surface area contributed by atoms with E-state index in [1.54, 1.807) is 6.92 Å². The van der Waals surface area contributed by atoms with Gasteiger partial charge in [0.05, 0.1) is 11.9 Å². The smallest absolute Gasteiger partial charge is 0.268 e. The first-order chi connectivity index (χ1) is 5.11. The van der Waals surface area contributed by atoms with Crippen LogP contribution in [-0.2, 0) is 0 Å². The largest absolute Gasteiger partial charge is 0.364 e. The fourth-order valence-electron chi connectivity index (χ4n) is 0.586. The Balaban J connectivity index is 3.15. The van der Waals surface area contributed by atoms with Crippen LogP contribution in [0.25, 0.3) is 0 Å². The lowest BCUT2D eigenvalue weighted by atomic mass is 10.4. The lowest BCUT2D eigenvalue weighted by Gasteiger charge is -1.97. The van der Waals surface area contributed by atoms with Crippen LogP contribution in [0.2, 0.25) is 0 Å². The zero-order valence-electron chi connectivity index (χ0n) is 5.84. The molecule has 0 aliphatic heterocycles. The fraction of sp³-hybridized carbons (Fsp3) is 0.167. The second-order valence-corrected chi connectivity index (χ2v) is 3.02. The van der Waals surface area contributed by atoms with Crippen LogP contribution in [0.1, 0.15) is 16.2 Å². The zero-order valence-corrected chi connectivity index (χ0v) is 7.99. The van der Waals surface area contributed by atoms with E-state index in [1.165, 1.54) is 6.20 Å². The average molecular weight is 263 g/mol. The first-order valence-corrected chi connectivity index (χ1v) is 3.98. The Morgan fingerprint density at radius 1 is 1.73 bits per heavy atom. The monoisotopic (exact) mass is 263 g/mol. The van der Waals surface area contributed by atoms with Crippen LogP contribution >= 0.6 is 22.6 Å². The number of hydrogen-bond acceptors (Lipinski definition) is 3. The van der Waals surface area contributed by atoms with E-state index in [1.807, 2.05) is 22.6 Å². The summed E-state index contributed by atoms with van der Waals surface area (Å²) in [6.07, 6.45) is 1.37. The standard InChI is InChI=1S/C6H6IN3O/c1-3-5(7)9-2-4(10-3)6(8)11/h2H,1H3,(H2,8,11). The van der Waals surface area contributed by atoms with E-state index in [0.717, 1.165) is 9.39 Å². The van der Waals surface area contributed by atoms with Crippen LogP contribution in [0.4, 0.5) is 0 Å². The third-order valence-corrected chi connectivity index (χ3v) is 2.20. The van der Waals surface area contributed by atoms with Crippen molar-refractivity contribution in [2.45, 2.75) is 6.92 Å². The topological polar surface area (TPSA) is 68.9 Å². The highest BCUT2D eigenvalue weighted by atomic mass is 127. The lowest BCUT2D eigenvalue weighted by Crippen LogP contribution is -2.14. The molecule has 0 fully saturated rings. The summed E-state index contributed by atoms with van der Waals surface area (Å²) >= 11 is 2.04. The number of halogens is 1. The van der Waals surface area contributed by atoms with Gasteiger partial charge in [0.1, 0.15) is 9.39 Å². The summed E-state index contributed by atoms with van der Waals surface area (Å²) in [5.74, 6) is -0.544. The number of hydrogen-bond donors (Lipinski definition) is 1. The van der Waals surface area contributed by atoms with Crippen molar-refractivity contribution in [3.05, 3.63) is 21.3 Å². The maximum absolute atomic E-state index is 10.6. The predicted octanol–water partition coefficient (Wildman–Crippen LogP) is 0.489. The second-order valence-electron chi connectivity index (χ2n) is 2.00. The van der Waals surface area contributed by atoms with Gasteiger partial charge in [-0.05, 0) is 29.5 Å². The van der Waals surface area contributed by atoms with Crippen molar-refractivity contribution in [3.63, 3.8) is 0 Å². The molecule has 0 aliphatic carbocycles. The number of carbonyl (C=O) groups is 1. The molecule has 1 amide bonds.